The summed E-state index contributed by atoms with van der Waals surface area (Å²) in [4.78, 5) is 0. The molecule has 0 saturated heterocycles. The number of benzene rings is 1. The van der Waals surface area contributed by atoms with Gasteiger partial charge in [0.15, 0.2) is 0 Å². The number of thioether (sulfide) groups is 1. The Labute approximate surface area is 121 Å². The Morgan fingerprint density at radius 1 is 1.37 bits per heavy atom. The molecule has 1 aliphatic rings. The first-order valence-corrected chi connectivity index (χ1v) is 8.25. The van der Waals surface area contributed by atoms with Crippen molar-refractivity contribution in [3.8, 4) is 5.75 Å². The lowest BCUT2D eigenvalue weighted by Crippen LogP contribution is -2.15. The monoisotopic (exact) mass is 279 g/mol. The second-order valence-electron chi connectivity index (χ2n) is 5.56. The normalized spacial score (nSPS) is 23.3. The zero-order valence-electron chi connectivity index (χ0n) is 12.0. The van der Waals surface area contributed by atoms with Gasteiger partial charge in [0.05, 0.1) is 7.11 Å². The van der Waals surface area contributed by atoms with E-state index in [1.54, 1.807) is 7.11 Å². The van der Waals surface area contributed by atoms with Crippen molar-refractivity contribution in [2.45, 2.75) is 50.2 Å². The maximum absolute atomic E-state index is 5.77. The van der Waals surface area contributed by atoms with Crippen LogP contribution in [0.3, 0.4) is 0 Å². The smallest absolute Gasteiger partial charge is 0.123 e. The Morgan fingerprint density at radius 2 is 2.21 bits per heavy atom. The number of nitrogens with two attached hydrogens (primary N) is 1. The first kappa shape index (κ1) is 14.7. The Hall–Kier alpha value is -0.670. The van der Waals surface area contributed by atoms with Gasteiger partial charge in [-0.2, -0.15) is 11.8 Å². The van der Waals surface area contributed by atoms with Crippen LogP contribution in [0.4, 0.5) is 0 Å². The van der Waals surface area contributed by atoms with Crippen LogP contribution >= 0.6 is 11.8 Å². The average molecular weight is 279 g/mol. The molecule has 0 spiro atoms. The molecule has 2 unspecified atom stereocenters. The molecule has 19 heavy (non-hydrogen) atoms. The van der Waals surface area contributed by atoms with Crippen molar-refractivity contribution in [2.24, 2.45) is 11.7 Å². The standard InChI is InChI=1S/C16H25NOS/c1-12-4-3-5-15(8-12)19-11-13-6-7-16(18-2)14(9-13)10-17/h6-7,9,12,15H,3-5,8,10-11,17H2,1-2H3. The highest BCUT2D eigenvalue weighted by Gasteiger charge is 2.19. The molecule has 0 bridgehead atoms. The molecule has 1 fully saturated rings. The third kappa shape index (κ3) is 4.15. The van der Waals surface area contributed by atoms with Crippen molar-refractivity contribution in [3.05, 3.63) is 29.3 Å². The van der Waals surface area contributed by atoms with E-state index in [1.807, 2.05) is 6.07 Å². The first-order valence-electron chi connectivity index (χ1n) is 7.20. The number of ether oxygens (including phenoxy) is 1. The van der Waals surface area contributed by atoms with Crippen molar-refractivity contribution in [1.82, 2.24) is 0 Å². The molecule has 1 saturated carbocycles. The van der Waals surface area contributed by atoms with Crippen LogP contribution < -0.4 is 10.5 Å². The largest absolute Gasteiger partial charge is 0.496 e. The summed E-state index contributed by atoms with van der Waals surface area (Å²) < 4.78 is 5.31. The highest BCUT2D eigenvalue weighted by Crippen LogP contribution is 2.34. The molecule has 1 aromatic rings. The number of methoxy groups -OCH3 is 1. The van der Waals surface area contributed by atoms with Crippen molar-refractivity contribution in [2.75, 3.05) is 7.11 Å². The Kier molecular flexibility index (Phi) is 5.59. The van der Waals surface area contributed by atoms with Gasteiger partial charge in [0, 0.05) is 23.1 Å². The van der Waals surface area contributed by atoms with Crippen LogP contribution in [0.5, 0.6) is 5.75 Å². The van der Waals surface area contributed by atoms with Crippen LogP contribution in [0.25, 0.3) is 0 Å². The molecule has 0 aliphatic heterocycles. The summed E-state index contributed by atoms with van der Waals surface area (Å²) in [5.41, 5.74) is 8.24. The highest BCUT2D eigenvalue weighted by molar-refractivity contribution is 7.99. The van der Waals surface area contributed by atoms with Crippen LogP contribution in [-0.4, -0.2) is 12.4 Å². The van der Waals surface area contributed by atoms with Gasteiger partial charge in [-0.1, -0.05) is 25.8 Å². The van der Waals surface area contributed by atoms with E-state index in [1.165, 1.54) is 31.2 Å². The van der Waals surface area contributed by atoms with E-state index in [9.17, 15) is 0 Å². The molecule has 0 heterocycles. The lowest BCUT2D eigenvalue weighted by atomic mass is 9.91. The Morgan fingerprint density at radius 3 is 2.89 bits per heavy atom. The second-order valence-corrected chi connectivity index (χ2v) is 6.84. The van der Waals surface area contributed by atoms with Gasteiger partial charge in [-0.05, 0) is 36.5 Å². The fourth-order valence-corrected chi connectivity index (χ4v) is 4.23. The first-order chi connectivity index (χ1) is 9.22. The van der Waals surface area contributed by atoms with E-state index in [2.05, 4.69) is 30.8 Å². The lowest BCUT2D eigenvalue weighted by Gasteiger charge is -2.26. The predicted octanol–water partition coefficient (Wildman–Crippen LogP) is 3.97. The average Bonchev–Trinajstić information content (AvgIpc) is 2.45. The molecule has 2 nitrogen and oxygen atoms in total. The predicted molar refractivity (Wildman–Crippen MR) is 83.6 cm³/mol. The third-order valence-electron chi connectivity index (χ3n) is 3.94. The van der Waals surface area contributed by atoms with Crippen LogP contribution in [0, 0.1) is 5.92 Å². The van der Waals surface area contributed by atoms with E-state index in [-0.39, 0.29) is 0 Å². The van der Waals surface area contributed by atoms with E-state index in [4.69, 9.17) is 10.5 Å². The van der Waals surface area contributed by atoms with Crippen LogP contribution in [0.15, 0.2) is 18.2 Å². The zero-order chi connectivity index (χ0) is 13.7. The van der Waals surface area contributed by atoms with Gasteiger partial charge in [-0.3, -0.25) is 0 Å². The van der Waals surface area contributed by atoms with E-state index < -0.39 is 0 Å². The molecule has 2 rings (SSSR count). The minimum atomic E-state index is 0.544. The Bertz CT molecular complexity index is 408. The van der Waals surface area contributed by atoms with Gasteiger partial charge in [0.2, 0.25) is 0 Å². The van der Waals surface area contributed by atoms with Gasteiger partial charge >= 0.3 is 0 Å². The summed E-state index contributed by atoms with van der Waals surface area (Å²) in [6.45, 7) is 2.93. The molecule has 1 aliphatic carbocycles. The van der Waals surface area contributed by atoms with E-state index >= 15 is 0 Å². The molecule has 106 valence electrons. The molecule has 0 radical (unpaired) electrons. The van der Waals surface area contributed by atoms with Crippen LogP contribution in [0.1, 0.15) is 43.7 Å². The van der Waals surface area contributed by atoms with E-state index in [0.29, 0.717) is 6.54 Å². The number of hydrogen-bond donors (Lipinski definition) is 1. The molecule has 0 amide bonds. The fourth-order valence-electron chi connectivity index (χ4n) is 2.83. The maximum atomic E-state index is 5.77. The van der Waals surface area contributed by atoms with Gasteiger partial charge in [-0.15, -0.1) is 0 Å². The SMILES string of the molecule is COc1ccc(CSC2CCCC(C)C2)cc1CN. The van der Waals surface area contributed by atoms with Crippen molar-refractivity contribution >= 4 is 11.8 Å². The zero-order valence-corrected chi connectivity index (χ0v) is 12.8. The molecular formula is C16H25NOS. The lowest BCUT2D eigenvalue weighted by molar-refractivity contribution is 0.394. The molecule has 0 aromatic heterocycles. The van der Waals surface area contributed by atoms with Crippen molar-refractivity contribution in [1.29, 1.82) is 0 Å². The number of rotatable bonds is 5. The summed E-state index contributed by atoms with van der Waals surface area (Å²) in [6.07, 6.45) is 5.58. The molecule has 1 aromatic carbocycles. The molecular weight excluding hydrogens is 254 g/mol. The third-order valence-corrected chi connectivity index (χ3v) is 5.34. The van der Waals surface area contributed by atoms with Crippen LogP contribution in [-0.2, 0) is 12.3 Å². The topological polar surface area (TPSA) is 35.2 Å². The summed E-state index contributed by atoms with van der Waals surface area (Å²) in [5, 5.41) is 0.840. The summed E-state index contributed by atoms with van der Waals surface area (Å²) in [5.74, 6) is 2.90. The molecule has 2 atom stereocenters. The minimum absolute atomic E-state index is 0.544. The molecule has 2 N–H and O–H groups in total. The quantitative estimate of drug-likeness (QED) is 0.886. The van der Waals surface area contributed by atoms with Gasteiger partial charge in [0.1, 0.15) is 5.75 Å². The van der Waals surface area contributed by atoms with Gasteiger partial charge in [-0.25, -0.2) is 0 Å². The maximum Gasteiger partial charge on any atom is 0.123 e. The molecule has 3 heteroatoms. The fraction of sp³-hybridized carbons (Fsp3) is 0.625. The minimum Gasteiger partial charge on any atom is -0.496 e. The van der Waals surface area contributed by atoms with Crippen molar-refractivity contribution in [3.63, 3.8) is 0 Å². The van der Waals surface area contributed by atoms with E-state index in [0.717, 1.165) is 28.2 Å². The highest BCUT2D eigenvalue weighted by atomic mass is 32.2. The van der Waals surface area contributed by atoms with Gasteiger partial charge in [0.25, 0.3) is 0 Å². The van der Waals surface area contributed by atoms with Crippen LogP contribution in [0.2, 0.25) is 0 Å². The summed E-state index contributed by atoms with van der Waals surface area (Å²) in [7, 11) is 1.70. The number of hydrogen-bond acceptors (Lipinski definition) is 3. The summed E-state index contributed by atoms with van der Waals surface area (Å²) >= 11 is 2.11. The van der Waals surface area contributed by atoms with Gasteiger partial charge < -0.3 is 10.5 Å². The second kappa shape index (κ2) is 7.20. The Balaban J connectivity index is 1.92. The summed E-state index contributed by atoms with van der Waals surface area (Å²) in [6, 6.07) is 6.40. The van der Waals surface area contributed by atoms with Crippen molar-refractivity contribution < 1.29 is 4.74 Å².